The Balaban J connectivity index is 1.11. The summed E-state index contributed by atoms with van der Waals surface area (Å²) in [6.45, 7) is 13.5. The lowest BCUT2D eigenvalue weighted by molar-refractivity contribution is 0.590. The summed E-state index contributed by atoms with van der Waals surface area (Å²) in [5.74, 6) is 1.54. The van der Waals surface area contributed by atoms with Crippen molar-refractivity contribution < 1.29 is 0 Å². The number of benzene rings is 8. The van der Waals surface area contributed by atoms with E-state index in [1.165, 1.54) is 16.5 Å². The van der Waals surface area contributed by atoms with Crippen LogP contribution in [0, 0.1) is 11.3 Å². The highest BCUT2D eigenvalue weighted by molar-refractivity contribution is 6.24. The molecule has 0 aliphatic heterocycles. The van der Waals surface area contributed by atoms with Crippen LogP contribution < -0.4 is 0 Å². The van der Waals surface area contributed by atoms with Crippen molar-refractivity contribution in [3.8, 4) is 46.2 Å². The number of para-hydroxylation sites is 3. The van der Waals surface area contributed by atoms with Crippen LogP contribution in [-0.2, 0) is 10.8 Å². The smallest absolute Gasteiger partial charge is 0.238 e. The minimum absolute atomic E-state index is 0.0405. The second-order valence-electron chi connectivity index (χ2n) is 19.7. The zero-order chi connectivity index (χ0) is 45.8. The molecule has 67 heavy (non-hydrogen) atoms. The van der Waals surface area contributed by atoms with Gasteiger partial charge in [-0.1, -0.05) is 151 Å². The molecule has 12 rings (SSSR count). The molecule has 0 aliphatic rings. The Kier molecular flexibility index (Phi) is 8.91. The van der Waals surface area contributed by atoms with Crippen molar-refractivity contribution in [1.82, 2.24) is 28.7 Å². The van der Waals surface area contributed by atoms with E-state index in [9.17, 15) is 5.26 Å². The first-order valence-corrected chi connectivity index (χ1v) is 22.9. The fourth-order valence-corrected chi connectivity index (χ4v) is 10.0. The first-order valence-electron chi connectivity index (χ1n) is 22.9. The summed E-state index contributed by atoms with van der Waals surface area (Å²) in [7, 11) is 0. The quantitative estimate of drug-likeness (QED) is 0.173. The second-order valence-corrected chi connectivity index (χ2v) is 19.7. The van der Waals surface area contributed by atoms with Crippen molar-refractivity contribution >= 4 is 65.4 Å². The van der Waals surface area contributed by atoms with Crippen LogP contribution in [0.2, 0.25) is 0 Å². The molecule has 0 amide bonds. The van der Waals surface area contributed by atoms with Crippen LogP contribution >= 0.6 is 0 Å². The topological polar surface area (TPSA) is 77.2 Å². The van der Waals surface area contributed by atoms with E-state index in [1.54, 1.807) is 0 Å². The van der Waals surface area contributed by atoms with E-state index in [4.69, 9.17) is 15.0 Å². The zero-order valence-electron chi connectivity index (χ0n) is 38.4. The molecule has 0 bridgehead atoms. The maximum absolute atomic E-state index is 11.2. The number of aromatic nitrogens is 6. The van der Waals surface area contributed by atoms with Gasteiger partial charge in [-0.3, -0.25) is 4.57 Å². The van der Waals surface area contributed by atoms with E-state index in [2.05, 4.69) is 201 Å². The summed E-state index contributed by atoms with van der Waals surface area (Å²) in [5, 5.41) is 18.0. The Morgan fingerprint density at radius 2 is 0.896 bits per heavy atom. The zero-order valence-corrected chi connectivity index (χ0v) is 38.4. The fourth-order valence-electron chi connectivity index (χ4n) is 10.0. The Bertz CT molecular complexity index is 3930. The monoisotopic (exact) mass is 865 g/mol. The van der Waals surface area contributed by atoms with Crippen molar-refractivity contribution in [2.24, 2.45) is 0 Å². The summed E-state index contributed by atoms with van der Waals surface area (Å²) in [6, 6.07) is 64.4. The molecule has 4 heterocycles. The number of hydrogen-bond donors (Lipinski definition) is 0. The van der Waals surface area contributed by atoms with Gasteiger partial charge in [-0.15, -0.1) is 0 Å². The third-order valence-corrected chi connectivity index (χ3v) is 13.5. The molecule has 0 atom stereocenters. The predicted molar refractivity (Wildman–Crippen MR) is 276 cm³/mol. The highest BCUT2D eigenvalue weighted by atomic mass is 15.2. The van der Waals surface area contributed by atoms with Gasteiger partial charge in [0.25, 0.3) is 0 Å². The summed E-state index contributed by atoms with van der Waals surface area (Å²) < 4.78 is 6.82. The molecule has 0 aliphatic carbocycles. The summed E-state index contributed by atoms with van der Waals surface area (Å²) >= 11 is 0. The molecule has 0 saturated carbocycles. The van der Waals surface area contributed by atoms with Gasteiger partial charge in [0.05, 0.1) is 44.4 Å². The molecule has 0 saturated heterocycles. The van der Waals surface area contributed by atoms with Gasteiger partial charge in [0.1, 0.15) is 6.07 Å². The highest BCUT2D eigenvalue weighted by Gasteiger charge is 2.25. The van der Waals surface area contributed by atoms with Gasteiger partial charge in [-0.05, 0) is 88.7 Å². The summed E-state index contributed by atoms with van der Waals surface area (Å²) in [5.41, 5.74) is 12.7. The van der Waals surface area contributed by atoms with E-state index in [0.717, 1.165) is 82.5 Å². The second kappa shape index (κ2) is 14.8. The van der Waals surface area contributed by atoms with E-state index in [1.807, 2.05) is 36.4 Å². The molecule has 0 unspecified atom stereocenters. The molecular formula is C60H47N7. The molecule has 7 nitrogen and oxygen atoms in total. The maximum Gasteiger partial charge on any atom is 0.238 e. The molecule has 0 N–H and O–H groups in total. The van der Waals surface area contributed by atoms with Gasteiger partial charge < -0.3 is 9.13 Å². The Morgan fingerprint density at radius 1 is 0.403 bits per heavy atom. The molecular weight excluding hydrogens is 819 g/mol. The number of nitrogens with zero attached hydrogens (tertiary/aromatic N) is 7. The summed E-state index contributed by atoms with van der Waals surface area (Å²) in [4.78, 5) is 15.7. The van der Waals surface area contributed by atoms with Crippen LogP contribution in [0.25, 0.3) is 106 Å². The SMILES string of the molecule is CC(C)(C)c1ccc2c(c1)c1cc(C(C)(C)C)ccc1n2-c1nc(-c2ccccc2)nc(-c2ccc(-n3c4ccccc4c4ccc5c6ccccc6n(-c6ccccc6)c5c43)c(C#N)c2)n1. The molecule has 8 aromatic carbocycles. The lowest BCUT2D eigenvalue weighted by Crippen LogP contribution is -2.10. The van der Waals surface area contributed by atoms with Crippen LogP contribution in [0.1, 0.15) is 58.2 Å². The minimum Gasteiger partial charge on any atom is -0.307 e. The van der Waals surface area contributed by atoms with Gasteiger partial charge in [0, 0.05) is 49.1 Å². The average Bonchev–Trinajstić information content (AvgIpc) is 3.99. The number of hydrogen-bond acceptors (Lipinski definition) is 4. The van der Waals surface area contributed by atoms with Crippen LogP contribution in [0.3, 0.4) is 0 Å². The molecule has 7 heteroatoms. The van der Waals surface area contributed by atoms with Crippen molar-refractivity contribution in [1.29, 1.82) is 5.26 Å². The van der Waals surface area contributed by atoms with Gasteiger partial charge in [0.2, 0.25) is 5.95 Å². The number of fused-ring (bicyclic) bond motifs is 10. The molecule has 12 aromatic rings. The molecule has 4 aromatic heterocycles. The lowest BCUT2D eigenvalue weighted by Gasteiger charge is -2.19. The normalized spacial score (nSPS) is 12.3. The Hall–Kier alpha value is -8.34. The first-order chi connectivity index (χ1) is 32.5. The van der Waals surface area contributed by atoms with Crippen molar-refractivity contribution in [3.05, 3.63) is 193 Å². The van der Waals surface area contributed by atoms with Gasteiger partial charge >= 0.3 is 0 Å². The van der Waals surface area contributed by atoms with Crippen LogP contribution in [-0.4, -0.2) is 28.7 Å². The fraction of sp³-hybridized carbons (Fsp3) is 0.133. The third-order valence-electron chi connectivity index (χ3n) is 13.5. The number of nitriles is 1. The average molecular weight is 866 g/mol. The van der Waals surface area contributed by atoms with E-state index >= 15 is 0 Å². The highest BCUT2D eigenvalue weighted by Crippen LogP contribution is 2.43. The van der Waals surface area contributed by atoms with Crippen LogP contribution in [0.5, 0.6) is 0 Å². The largest absolute Gasteiger partial charge is 0.307 e. The standard InChI is InChI=1S/C60H47N7/c1-59(2,3)40-26-31-52-47(34-40)48-35-41(60(4,5)6)27-32-53(48)67(52)58-63-56(37-17-9-7-10-18-37)62-57(64-58)38-25-30-49(39(33-38)36-61)66-51-24-16-14-22-44(51)46-29-28-45-43-21-13-15-23-50(43)65(54(45)55(46)66)42-19-11-8-12-20-42/h7-35H,1-6H3. The van der Waals surface area contributed by atoms with Gasteiger partial charge in [-0.2, -0.15) is 15.2 Å². The van der Waals surface area contributed by atoms with Crippen LogP contribution in [0.4, 0.5) is 0 Å². The van der Waals surface area contributed by atoms with E-state index in [0.29, 0.717) is 23.2 Å². The lowest BCUT2D eigenvalue weighted by atomic mass is 9.85. The van der Waals surface area contributed by atoms with Gasteiger partial charge in [-0.25, -0.2) is 4.98 Å². The van der Waals surface area contributed by atoms with Crippen molar-refractivity contribution in [3.63, 3.8) is 0 Å². The van der Waals surface area contributed by atoms with E-state index < -0.39 is 0 Å². The molecule has 0 radical (unpaired) electrons. The minimum atomic E-state index is -0.0405. The third kappa shape index (κ3) is 6.35. The molecule has 322 valence electrons. The van der Waals surface area contributed by atoms with Crippen molar-refractivity contribution in [2.45, 2.75) is 52.4 Å². The maximum atomic E-state index is 11.2. The van der Waals surface area contributed by atoms with Crippen LogP contribution in [0.15, 0.2) is 176 Å². The predicted octanol–water partition coefficient (Wildman–Crippen LogP) is 15.0. The molecule has 0 fully saturated rings. The molecule has 0 spiro atoms. The van der Waals surface area contributed by atoms with E-state index in [-0.39, 0.29) is 10.8 Å². The Labute approximate surface area is 388 Å². The Morgan fingerprint density at radius 3 is 1.46 bits per heavy atom. The van der Waals surface area contributed by atoms with Crippen molar-refractivity contribution in [2.75, 3.05) is 0 Å². The summed E-state index contributed by atoms with van der Waals surface area (Å²) in [6.07, 6.45) is 0. The first kappa shape index (κ1) is 40.2. The number of rotatable bonds is 5. The van der Waals surface area contributed by atoms with Gasteiger partial charge in [0.15, 0.2) is 11.6 Å².